The number of rotatable bonds is 26. The van der Waals surface area contributed by atoms with Crippen molar-refractivity contribution < 1.29 is 52.8 Å². The van der Waals surface area contributed by atoms with E-state index in [2.05, 4.69) is 21.3 Å². The lowest BCUT2D eigenvalue weighted by Crippen LogP contribution is -2.58. The van der Waals surface area contributed by atoms with E-state index in [-0.39, 0.29) is 31.6 Å². The van der Waals surface area contributed by atoms with Gasteiger partial charge in [-0.25, -0.2) is 14.4 Å². The SMILES string of the molecule is COCCOCCN(CCCCC[C@@H](NC(=O)[C@@H](CC(C)C)NC(=O)[C@@H](Cc1ccccc1)NC(=O)[C@@H](Cc1ccccc1)NC(=O)OC(C)(C)C)C(=O)O)C(=O)OC(C)(C)C. The molecule has 0 saturated carbocycles. The predicted octanol–water partition coefficient (Wildman–Crippen LogP) is 5.41. The van der Waals surface area contributed by atoms with Crippen molar-refractivity contribution in [3.8, 4) is 0 Å². The number of carbonyl (C=O) groups is 6. The lowest BCUT2D eigenvalue weighted by Gasteiger charge is -2.28. The summed E-state index contributed by atoms with van der Waals surface area (Å²) in [7, 11) is 1.57. The molecule has 346 valence electrons. The Balaban J connectivity index is 2.19. The molecular weight excluding hydrogens is 799 g/mol. The molecule has 0 fully saturated rings. The van der Waals surface area contributed by atoms with Crippen LogP contribution in [0.2, 0.25) is 0 Å². The zero-order valence-electron chi connectivity index (χ0n) is 38.1. The number of benzene rings is 2. The third kappa shape index (κ3) is 22.6. The van der Waals surface area contributed by atoms with Crippen LogP contribution in [0.25, 0.3) is 0 Å². The van der Waals surface area contributed by atoms with Gasteiger partial charge >= 0.3 is 18.2 Å². The molecule has 62 heavy (non-hydrogen) atoms. The first kappa shape index (κ1) is 52.9. The normalized spacial score (nSPS) is 13.5. The van der Waals surface area contributed by atoms with Gasteiger partial charge in [-0.3, -0.25) is 14.4 Å². The average Bonchev–Trinajstić information content (AvgIpc) is 3.17. The van der Waals surface area contributed by atoms with E-state index in [1.54, 1.807) is 77.8 Å². The van der Waals surface area contributed by atoms with Crippen LogP contribution in [0.1, 0.15) is 98.6 Å². The molecule has 0 aromatic heterocycles. The van der Waals surface area contributed by atoms with E-state index in [4.69, 9.17) is 18.9 Å². The largest absolute Gasteiger partial charge is 0.480 e. The van der Waals surface area contributed by atoms with Gasteiger partial charge in [0, 0.05) is 33.0 Å². The summed E-state index contributed by atoms with van der Waals surface area (Å²) in [6.07, 6.45) is 0.715. The monoisotopic (exact) mass is 870 g/mol. The third-order valence-electron chi connectivity index (χ3n) is 9.17. The van der Waals surface area contributed by atoms with Gasteiger partial charge in [-0.2, -0.15) is 0 Å². The van der Waals surface area contributed by atoms with Crippen molar-refractivity contribution in [2.24, 2.45) is 5.92 Å². The quantitative estimate of drug-likeness (QED) is 0.0755. The zero-order chi connectivity index (χ0) is 46.3. The van der Waals surface area contributed by atoms with Gasteiger partial charge in [0.1, 0.15) is 35.4 Å². The number of carbonyl (C=O) groups excluding carboxylic acids is 5. The van der Waals surface area contributed by atoms with Crippen LogP contribution in [-0.2, 0) is 51.0 Å². The van der Waals surface area contributed by atoms with Crippen molar-refractivity contribution >= 4 is 35.9 Å². The number of ether oxygens (including phenoxy) is 4. The molecule has 0 saturated heterocycles. The second kappa shape index (κ2) is 27.0. The molecule has 0 spiro atoms. The predicted molar refractivity (Wildman–Crippen MR) is 235 cm³/mol. The third-order valence-corrected chi connectivity index (χ3v) is 9.17. The maximum absolute atomic E-state index is 14.1. The molecule has 16 heteroatoms. The molecule has 0 aliphatic heterocycles. The molecule has 2 rings (SSSR count). The summed E-state index contributed by atoms with van der Waals surface area (Å²) in [6.45, 7) is 16.0. The minimum Gasteiger partial charge on any atom is -0.480 e. The van der Waals surface area contributed by atoms with E-state index in [9.17, 15) is 33.9 Å². The Labute approximate surface area is 367 Å². The number of methoxy groups -OCH3 is 1. The van der Waals surface area contributed by atoms with Gasteiger partial charge in [0.15, 0.2) is 0 Å². The molecule has 0 radical (unpaired) electrons. The van der Waals surface area contributed by atoms with Crippen LogP contribution in [0.15, 0.2) is 60.7 Å². The fraction of sp³-hybridized carbons (Fsp3) is 0.609. The van der Waals surface area contributed by atoms with Crippen LogP contribution >= 0.6 is 0 Å². The number of amides is 5. The first-order chi connectivity index (χ1) is 29.2. The van der Waals surface area contributed by atoms with Crippen LogP contribution in [-0.4, -0.2) is 121 Å². The molecule has 16 nitrogen and oxygen atoms in total. The van der Waals surface area contributed by atoms with Crippen LogP contribution in [0.5, 0.6) is 0 Å². The maximum atomic E-state index is 14.1. The molecular formula is C46H71N5O11. The van der Waals surface area contributed by atoms with Gasteiger partial charge < -0.3 is 50.2 Å². The van der Waals surface area contributed by atoms with E-state index in [1.165, 1.54) is 0 Å². The number of unbranched alkanes of at least 4 members (excludes halogenated alkanes) is 2. The van der Waals surface area contributed by atoms with E-state index >= 15 is 0 Å². The van der Waals surface area contributed by atoms with Crippen LogP contribution in [0, 0.1) is 5.92 Å². The number of hydrogen-bond donors (Lipinski definition) is 5. The van der Waals surface area contributed by atoms with Crippen LogP contribution < -0.4 is 21.3 Å². The molecule has 0 aliphatic carbocycles. The molecule has 4 atom stereocenters. The first-order valence-corrected chi connectivity index (χ1v) is 21.4. The second-order valence-corrected chi connectivity index (χ2v) is 17.7. The van der Waals surface area contributed by atoms with Crippen molar-refractivity contribution in [1.29, 1.82) is 0 Å². The molecule has 0 aliphatic rings. The lowest BCUT2D eigenvalue weighted by molar-refractivity contribution is -0.142. The van der Waals surface area contributed by atoms with Gasteiger partial charge in [0.05, 0.1) is 19.8 Å². The lowest BCUT2D eigenvalue weighted by atomic mass is 9.99. The van der Waals surface area contributed by atoms with Crippen molar-refractivity contribution in [3.63, 3.8) is 0 Å². The minimum atomic E-state index is -1.25. The number of carboxylic acid groups (broad SMARTS) is 1. The second-order valence-electron chi connectivity index (χ2n) is 17.7. The van der Waals surface area contributed by atoms with Crippen molar-refractivity contribution in [2.75, 3.05) is 40.0 Å². The topological polar surface area (TPSA) is 211 Å². The fourth-order valence-corrected chi connectivity index (χ4v) is 6.21. The van der Waals surface area contributed by atoms with Crippen LogP contribution in [0.3, 0.4) is 0 Å². The Morgan fingerprint density at radius 2 is 1.11 bits per heavy atom. The molecule has 2 aromatic rings. The van der Waals surface area contributed by atoms with Gasteiger partial charge in [-0.05, 0) is 77.8 Å². The highest BCUT2D eigenvalue weighted by atomic mass is 16.6. The Hall–Kier alpha value is -5.22. The van der Waals surface area contributed by atoms with Crippen molar-refractivity contribution in [2.45, 2.75) is 136 Å². The highest BCUT2D eigenvalue weighted by Gasteiger charge is 2.33. The highest BCUT2D eigenvalue weighted by Crippen LogP contribution is 2.14. The number of alkyl carbamates (subject to hydrolysis) is 1. The van der Waals surface area contributed by atoms with Crippen LogP contribution in [0.4, 0.5) is 9.59 Å². The molecule has 5 amide bonds. The summed E-state index contributed by atoms with van der Waals surface area (Å²) < 4.78 is 21.5. The Morgan fingerprint density at radius 1 is 0.613 bits per heavy atom. The number of aliphatic carboxylic acids is 1. The van der Waals surface area contributed by atoms with Crippen molar-refractivity contribution in [3.05, 3.63) is 71.8 Å². The van der Waals surface area contributed by atoms with Gasteiger partial charge in [0.25, 0.3) is 0 Å². The summed E-state index contributed by atoms with van der Waals surface area (Å²) in [5.41, 5.74) is -0.0237. The Bertz CT molecular complexity index is 1680. The summed E-state index contributed by atoms with van der Waals surface area (Å²) >= 11 is 0. The summed E-state index contributed by atoms with van der Waals surface area (Å²) in [6, 6.07) is 13.4. The number of nitrogens with zero attached hydrogens (tertiary/aromatic N) is 1. The maximum Gasteiger partial charge on any atom is 0.410 e. The molecule has 2 aromatic carbocycles. The molecule has 0 bridgehead atoms. The Kier molecular flexibility index (Phi) is 23.0. The number of carboxylic acids is 1. The summed E-state index contributed by atoms with van der Waals surface area (Å²) in [5.74, 6) is -3.29. The van der Waals surface area contributed by atoms with Gasteiger partial charge in [0.2, 0.25) is 17.7 Å². The molecule has 0 heterocycles. The Morgan fingerprint density at radius 3 is 1.61 bits per heavy atom. The first-order valence-electron chi connectivity index (χ1n) is 21.4. The highest BCUT2D eigenvalue weighted by molar-refractivity contribution is 5.95. The van der Waals surface area contributed by atoms with E-state index in [0.717, 1.165) is 11.1 Å². The minimum absolute atomic E-state index is 0.0584. The van der Waals surface area contributed by atoms with E-state index in [0.29, 0.717) is 52.2 Å². The van der Waals surface area contributed by atoms with E-state index < -0.39 is 71.2 Å². The fourth-order valence-electron chi connectivity index (χ4n) is 6.21. The van der Waals surface area contributed by atoms with Crippen molar-refractivity contribution in [1.82, 2.24) is 26.2 Å². The van der Waals surface area contributed by atoms with Gasteiger partial charge in [-0.1, -0.05) is 87.4 Å². The van der Waals surface area contributed by atoms with Gasteiger partial charge in [-0.15, -0.1) is 0 Å². The van der Waals surface area contributed by atoms with E-state index in [1.807, 2.05) is 50.2 Å². The zero-order valence-corrected chi connectivity index (χ0v) is 38.1. The molecule has 5 N–H and O–H groups in total. The molecule has 0 unspecified atom stereocenters. The standard InChI is InChI=1S/C46H71N5O11/c1-32(2)29-36(39(52)47-35(42(55)56)23-17-12-18-24-51(25-26-60-28-27-59-9)44(58)62-46(6,7)8)48-40(53)37(30-33-19-13-10-14-20-33)49-41(54)38(31-34-21-15-11-16-22-34)50-43(57)61-45(3,4)5/h10-11,13-16,19-22,32,35-38H,12,17-18,23-31H2,1-9H3,(H,47,52)(H,48,53)(H,49,54)(H,50,57)(H,55,56)/t35-,36-,37-,38-/m1/s1. The number of hydrogen-bond acceptors (Lipinski definition) is 10. The summed E-state index contributed by atoms with van der Waals surface area (Å²) in [4.78, 5) is 81.6. The average molecular weight is 870 g/mol. The smallest absolute Gasteiger partial charge is 0.410 e. The summed E-state index contributed by atoms with van der Waals surface area (Å²) in [5, 5.41) is 21.0. The number of nitrogens with one attached hydrogen (secondary N) is 4.